The molecule has 14 heavy (non-hydrogen) atoms. The topological polar surface area (TPSA) is 29.1 Å². The molecule has 2 nitrogen and oxygen atoms in total. The summed E-state index contributed by atoms with van der Waals surface area (Å²) in [5.41, 5.74) is 1.19. The van der Waals surface area contributed by atoms with E-state index >= 15 is 0 Å². The number of halogens is 2. The Hall–Kier alpha value is -0.930. The van der Waals surface area contributed by atoms with Gasteiger partial charge in [0.05, 0.1) is 6.54 Å². The molecule has 0 spiro atoms. The van der Waals surface area contributed by atoms with Crippen molar-refractivity contribution in [1.82, 2.24) is 5.32 Å². The molecule has 0 unspecified atom stereocenters. The number of carbonyl (C=O) groups excluding carboxylic acids is 1. The fourth-order valence-corrected chi connectivity index (χ4v) is 1.37. The predicted octanol–water partition coefficient (Wildman–Crippen LogP) is 2.08. The van der Waals surface area contributed by atoms with Gasteiger partial charge in [-0.05, 0) is 30.2 Å². The molecule has 0 heterocycles. The van der Waals surface area contributed by atoms with Crippen LogP contribution in [0.1, 0.15) is 11.1 Å². The van der Waals surface area contributed by atoms with Gasteiger partial charge in [0, 0.05) is 11.6 Å². The summed E-state index contributed by atoms with van der Waals surface area (Å²) in [6.45, 7) is 2.30. The smallest absolute Gasteiger partial charge is 0.133 e. The summed E-state index contributed by atoms with van der Waals surface area (Å²) in [6.07, 6.45) is 0.748. The number of rotatable bonds is 4. The molecule has 0 atom stereocenters. The Bertz CT molecular complexity index is 341. The maximum Gasteiger partial charge on any atom is 0.133 e. The lowest BCUT2D eigenvalue weighted by atomic mass is 10.1. The molecule has 1 aromatic carbocycles. The number of hydrogen-bond acceptors (Lipinski definition) is 2. The first kappa shape index (κ1) is 11.1. The highest BCUT2D eigenvalue weighted by Crippen LogP contribution is 2.20. The van der Waals surface area contributed by atoms with Gasteiger partial charge in [0.15, 0.2) is 0 Å². The molecule has 76 valence electrons. The zero-order valence-corrected chi connectivity index (χ0v) is 8.57. The van der Waals surface area contributed by atoms with Gasteiger partial charge in [0.25, 0.3) is 0 Å². The summed E-state index contributed by atoms with van der Waals surface area (Å²) >= 11 is 5.89. The highest BCUT2D eigenvalue weighted by Gasteiger charge is 2.04. The van der Waals surface area contributed by atoms with Crippen LogP contribution in [0.2, 0.25) is 5.02 Å². The van der Waals surface area contributed by atoms with Crippen molar-refractivity contribution < 1.29 is 9.18 Å². The second-order valence-electron chi connectivity index (χ2n) is 2.99. The normalized spacial score (nSPS) is 10.2. The molecule has 1 aromatic rings. The zero-order valence-electron chi connectivity index (χ0n) is 7.81. The van der Waals surface area contributed by atoms with Crippen molar-refractivity contribution in [2.45, 2.75) is 13.5 Å². The maximum absolute atomic E-state index is 13.1. The third-order valence-electron chi connectivity index (χ3n) is 1.87. The quantitative estimate of drug-likeness (QED) is 0.616. The van der Waals surface area contributed by atoms with Gasteiger partial charge in [-0.3, -0.25) is 0 Å². The molecule has 0 aliphatic heterocycles. The van der Waals surface area contributed by atoms with Gasteiger partial charge in [0.2, 0.25) is 0 Å². The van der Waals surface area contributed by atoms with Crippen LogP contribution in [-0.2, 0) is 11.3 Å². The molecule has 0 bridgehead atoms. The van der Waals surface area contributed by atoms with Crippen LogP contribution in [0.3, 0.4) is 0 Å². The van der Waals surface area contributed by atoms with Crippen molar-refractivity contribution in [2.24, 2.45) is 0 Å². The third kappa shape index (κ3) is 2.79. The van der Waals surface area contributed by atoms with Gasteiger partial charge in [-0.1, -0.05) is 11.6 Å². The monoisotopic (exact) mass is 215 g/mol. The van der Waals surface area contributed by atoms with Crippen LogP contribution in [0.4, 0.5) is 4.39 Å². The molecule has 0 saturated heterocycles. The van der Waals surface area contributed by atoms with Crippen LogP contribution in [0, 0.1) is 12.7 Å². The average molecular weight is 216 g/mol. The van der Waals surface area contributed by atoms with E-state index in [1.165, 1.54) is 6.07 Å². The Kier molecular flexibility index (Phi) is 4.04. The van der Waals surface area contributed by atoms with E-state index in [0.717, 1.165) is 6.29 Å². The Morgan fingerprint density at radius 1 is 1.57 bits per heavy atom. The molecule has 0 fully saturated rings. The molecular formula is C10H11ClFNO. The fourth-order valence-electron chi connectivity index (χ4n) is 1.09. The maximum atomic E-state index is 13.1. The summed E-state index contributed by atoms with van der Waals surface area (Å²) in [5.74, 6) is -0.280. The van der Waals surface area contributed by atoms with E-state index in [4.69, 9.17) is 11.6 Å². The second kappa shape index (κ2) is 5.08. The Morgan fingerprint density at radius 2 is 2.29 bits per heavy atom. The number of aryl methyl sites for hydroxylation is 1. The van der Waals surface area contributed by atoms with E-state index in [2.05, 4.69) is 5.32 Å². The van der Waals surface area contributed by atoms with Crippen LogP contribution in [0.5, 0.6) is 0 Å². The summed E-state index contributed by atoms with van der Waals surface area (Å²) in [4.78, 5) is 10.0. The van der Waals surface area contributed by atoms with Gasteiger partial charge in [-0.25, -0.2) is 4.39 Å². The molecular weight excluding hydrogens is 205 g/mol. The molecule has 1 rings (SSSR count). The summed E-state index contributed by atoms with van der Waals surface area (Å²) in [7, 11) is 0. The lowest BCUT2D eigenvalue weighted by molar-refractivity contribution is -0.107. The summed E-state index contributed by atoms with van der Waals surface area (Å²) < 4.78 is 13.1. The Morgan fingerprint density at radius 3 is 2.93 bits per heavy atom. The molecule has 1 N–H and O–H groups in total. The molecule has 0 saturated carbocycles. The van der Waals surface area contributed by atoms with Crippen molar-refractivity contribution in [1.29, 1.82) is 0 Å². The van der Waals surface area contributed by atoms with E-state index in [1.807, 2.05) is 0 Å². The Balaban J connectivity index is 2.76. The summed E-state index contributed by atoms with van der Waals surface area (Å²) in [6, 6.07) is 2.96. The molecule has 0 aliphatic carbocycles. The fraction of sp³-hybridized carbons (Fsp3) is 0.300. The number of benzene rings is 1. The highest BCUT2D eigenvalue weighted by molar-refractivity contribution is 6.31. The minimum Gasteiger partial charge on any atom is -0.306 e. The van der Waals surface area contributed by atoms with Gasteiger partial charge in [-0.2, -0.15) is 0 Å². The van der Waals surface area contributed by atoms with Crippen molar-refractivity contribution >= 4 is 17.9 Å². The van der Waals surface area contributed by atoms with Crippen LogP contribution in [0.25, 0.3) is 0 Å². The Labute approximate surface area is 87.1 Å². The van der Waals surface area contributed by atoms with Crippen molar-refractivity contribution in [3.05, 3.63) is 34.1 Å². The molecule has 0 radical (unpaired) electrons. The van der Waals surface area contributed by atoms with Crippen LogP contribution < -0.4 is 5.32 Å². The van der Waals surface area contributed by atoms with Crippen molar-refractivity contribution in [3.8, 4) is 0 Å². The largest absolute Gasteiger partial charge is 0.306 e. The molecule has 0 aromatic heterocycles. The van der Waals surface area contributed by atoms with Crippen LogP contribution in [-0.4, -0.2) is 12.8 Å². The second-order valence-corrected chi connectivity index (χ2v) is 3.40. The molecule has 4 heteroatoms. The van der Waals surface area contributed by atoms with Crippen LogP contribution >= 0.6 is 11.6 Å². The van der Waals surface area contributed by atoms with Crippen molar-refractivity contribution in [2.75, 3.05) is 6.54 Å². The van der Waals surface area contributed by atoms with Gasteiger partial charge in [0.1, 0.15) is 12.1 Å². The summed E-state index contributed by atoms with van der Waals surface area (Å²) in [5, 5.41) is 3.34. The lowest BCUT2D eigenvalue weighted by Crippen LogP contribution is -2.15. The minimum absolute atomic E-state index is 0.242. The predicted molar refractivity (Wildman–Crippen MR) is 53.9 cm³/mol. The lowest BCUT2D eigenvalue weighted by Gasteiger charge is -2.06. The van der Waals surface area contributed by atoms with E-state index in [9.17, 15) is 9.18 Å². The molecule has 0 aliphatic rings. The number of carbonyl (C=O) groups is 1. The number of aldehydes is 1. The minimum atomic E-state index is -0.280. The first-order chi connectivity index (χ1) is 6.65. The van der Waals surface area contributed by atoms with E-state index in [1.54, 1.807) is 13.0 Å². The van der Waals surface area contributed by atoms with Gasteiger partial charge in [-0.15, -0.1) is 0 Å². The van der Waals surface area contributed by atoms with E-state index < -0.39 is 0 Å². The third-order valence-corrected chi connectivity index (χ3v) is 2.22. The zero-order chi connectivity index (χ0) is 10.6. The standard InChI is InChI=1S/C10H11ClFNO/c1-7-4-9(11)8(5-10(7)12)6-13-2-3-14/h3-5,13H,2,6H2,1H3. The first-order valence-electron chi connectivity index (χ1n) is 4.24. The van der Waals surface area contributed by atoms with E-state index in [0.29, 0.717) is 22.7 Å². The number of nitrogens with one attached hydrogen (secondary N) is 1. The number of hydrogen-bond donors (Lipinski definition) is 1. The SMILES string of the molecule is Cc1cc(Cl)c(CNCC=O)cc1F. The molecule has 0 amide bonds. The van der Waals surface area contributed by atoms with Crippen LogP contribution in [0.15, 0.2) is 12.1 Å². The van der Waals surface area contributed by atoms with Gasteiger partial charge >= 0.3 is 0 Å². The first-order valence-corrected chi connectivity index (χ1v) is 4.62. The van der Waals surface area contributed by atoms with E-state index in [-0.39, 0.29) is 12.4 Å². The van der Waals surface area contributed by atoms with Gasteiger partial charge < -0.3 is 10.1 Å². The average Bonchev–Trinajstić information content (AvgIpc) is 2.14. The highest BCUT2D eigenvalue weighted by atomic mass is 35.5. The van der Waals surface area contributed by atoms with Crippen molar-refractivity contribution in [3.63, 3.8) is 0 Å².